The normalized spacial score (nSPS) is 26.6. The summed E-state index contributed by atoms with van der Waals surface area (Å²) >= 11 is 0. The molecule has 110 valence electrons. The molecule has 0 aromatic heterocycles. The van der Waals surface area contributed by atoms with E-state index in [1.807, 2.05) is 0 Å². The van der Waals surface area contributed by atoms with Gasteiger partial charge in [-0.2, -0.15) is 0 Å². The Labute approximate surface area is 123 Å². The molecule has 1 heterocycles. The fraction of sp³-hybridized carbons (Fsp3) is 0.667. The summed E-state index contributed by atoms with van der Waals surface area (Å²) in [5, 5.41) is 3.69. The molecule has 2 atom stereocenters. The van der Waals surface area contributed by atoms with Crippen molar-refractivity contribution in [2.75, 3.05) is 13.1 Å². The highest BCUT2D eigenvalue weighted by molar-refractivity contribution is 5.34. The Balaban J connectivity index is 1.83. The maximum atomic E-state index is 3.69. The van der Waals surface area contributed by atoms with Crippen molar-refractivity contribution in [2.24, 2.45) is 0 Å². The molecule has 0 bridgehead atoms. The smallest absolute Gasteiger partial charge is 0.0600 e. The minimum absolute atomic E-state index is 0.439. The first kappa shape index (κ1) is 14.1. The van der Waals surface area contributed by atoms with E-state index in [0.29, 0.717) is 17.6 Å². The molecule has 1 aromatic rings. The highest BCUT2D eigenvalue weighted by Gasteiger charge is 2.53. The van der Waals surface area contributed by atoms with E-state index in [9.17, 15) is 0 Å². The van der Waals surface area contributed by atoms with E-state index in [0.717, 1.165) is 6.54 Å². The molecule has 3 rings (SSSR count). The number of benzene rings is 1. The highest BCUT2D eigenvalue weighted by atomic mass is 15.3. The summed E-state index contributed by atoms with van der Waals surface area (Å²) < 4.78 is 0. The number of likely N-dealkylation sites (tertiary alicyclic amines) is 1. The number of hydrogen-bond acceptors (Lipinski definition) is 2. The number of rotatable bonds is 6. The van der Waals surface area contributed by atoms with Crippen LogP contribution in [-0.4, -0.2) is 30.2 Å². The number of nitrogens with zero attached hydrogens (tertiary/aromatic N) is 1. The molecule has 20 heavy (non-hydrogen) atoms. The third kappa shape index (κ3) is 2.40. The minimum atomic E-state index is 0.439. The lowest BCUT2D eigenvalue weighted by Gasteiger charge is -2.38. The summed E-state index contributed by atoms with van der Waals surface area (Å²) in [6, 6.07) is 11.9. The van der Waals surface area contributed by atoms with Gasteiger partial charge >= 0.3 is 0 Å². The zero-order valence-electron chi connectivity index (χ0n) is 12.9. The fourth-order valence-electron chi connectivity index (χ4n) is 4.28. The monoisotopic (exact) mass is 272 g/mol. The van der Waals surface area contributed by atoms with E-state index in [2.05, 4.69) is 54.4 Å². The predicted molar refractivity (Wildman–Crippen MR) is 84.8 cm³/mol. The first-order valence-electron chi connectivity index (χ1n) is 8.36. The predicted octanol–water partition coefficient (Wildman–Crippen LogP) is 3.53. The Hall–Kier alpha value is -0.860. The number of nitrogens with one attached hydrogen (secondary N) is 1. The van der Waals surface area contributed by atoms with Gasteiger partial charge in [-0.05, 0) is 44.2 Å². The topological polar surface area (TPSA) is 15.3 Å². The molecule has 0 spiro atoms. The van der Waals surface area contributed by atoms with Gasteiger partial charge in [0.05, 0.1) is 6.17 Å². The summed E-state index contributed by atoms with van der Waals surface area (Å²) in [4.78, 5) is 2.77. The van der Waals surface area contributed by atoms with Crippen molar-refractivity contribution in [3.63, 3.8) is 0 Å². The van der Waals surface area contributed by atoms with Crippen LogP contribution in [0.5, 0.6) is 0 Å². The average Bonchev–Trinajstić information content (AvgIpc) is 3.17. The third-order valence-electron chi connectivity index (χ3n) is 5.30. The molecular formula is C18H28N2. The van der Waals surface area contributed by atoms with E-state index in [1.165, 1.54) is 38.6 Å². The van der Waals surface area contributed by atoms with Crippen molar-refractivity contribution < 1.29 is 0 Å². The van der Waals surface area contributed by atoms with Crippen LogP contribution in [0.2, 0.25) is 0 Å². The summed E-state index contributed by atoms with van der Waals surface area (Å²) in [5.41, 5.74) is 2.00. The fourth-order valence-corrected chi connectivity index (χ4v) is 4.28. The zero-order valence-corrected chi connectivity index (χ0v) is 12.9. The molecular weight excluding hydrogens is 244 g/mol. The van der Waals surface area contributed by atoms with Gasteiger partial charge in [0.15, 0.2) is 0 Å². The van der Waals surface area contributed by atoms with Crippen LogP contribution in [0.3, 0.4) is 0 Å². The minimum Gasteiger partial charge on any atom is -0.302 e. The van der Waals surface area contributed by atoms with Crippen LogP contribution in [0.15, 0.2) is 30.3 Å². The highest BCUT2D eigenvalue weighted by Crippen LogP contribution is 2.54. The van der Waals surface area contributed by atoms with Crippen molar-refractivity contribution >= 4 is 0 Å². The standard InChI is InChI=1S/C18H28N2/c1-3-16(20-14-8-11-17(20)19-4-2)18(12-13-18)15-9-6-5-7-10-15/h5-7,9-10,16-17,19H,3-4,8,11-14H2,1-2H3. The van der Waals surface area contributed by atoms with Crippen molar-refractivity contribution in [1.29, 1.82) is 0 Å². The first-order valence-corrected chi connectivity index (χ1v) is 8.36. The SMILES string of the molecule is CCNC1CCCN1C(CC)C1(c2ccccc2)CC1. The van der Waals surface area contributed by atoms with Gasteiger partial charge in [-0.15, -0.1) is 0 Å². The molecule has 1 aliphatic heterocycles. The van der Waals surface area contributed by atoms with Crippen LogP contribution in [0.1, 0.15) is 51.5 Å². The van der Waals surface area contributed by atoms with Crippen LogP contribution in [0.4, 0.5) is 0 Å². The van der Waals surface area contributed by atoms with E-state index in [4.69, 9.17) is 0 Å². The van der Waals surface area contributed by atoms with Gasteiger partial charge in [0.2, 0.25) is 0 Å². The molecule has 2 unspecified atom stereocenters. The Morgan fingerprint density at radius 2 is 2.00 bits per heavy atom. The van der Waals surface area contributed by atoms with Crippen LogP contribution >= 0.6 is 0 Å². The van der Waals surface area contributed by atoms with Crippen molar-refractivity contribution in [3.05, 3.63) is 35.9 Å². The van der Waals surface area contributed by atoms with E-state index in [-0.39, 0.29) is 0 Å². The Morgan fingerprint density at radius 3 is 2.60 bits per heavy atom. The lowest BCUT2D eigenvalue weighted by Crippen LogP contribution is -2.51. The molecule has 0 amide bonds. The largest absolute Gasteiger partial charge is 0.302 e. The summed E-state index contributed by atoms with van der Waals surface area (Å²) in [7, 11) is 0. The van der Waals surface area contributed by atoms with Gasteiger partial charge in [0.1, 0.15) is 0 Å². The molecule has 2 heteroatoms. The molecule has 1 N–H and O–H groups in total. The van der Waals surface area contributed by atoms with Gasteiger partial charge in [0.25, 0.3) is 0 Å². The van der Waals surface area contributed by atoms with Gasteiger partial charge in [0, 0.05) is 18.0 Å². The molecule has 2 aliphatic rings. The Kier molecular flexibility index (Phi) is 4.13. The Morgan fingerprint density at radius 1 is 1.25 bits per heavy atom. The maximum Gasteiger partial charge on any atom is 0.0600 e. The van der Waals surface area contributed by atoms with Gasteiger partial charge in [-0.1, -0.05) is 44.2 Å². The van der Waals surface area contributed by atoms with Crippen LogP contribution in [-0.2, 0) is 5.41 Å². The summed E-state index contributed by atoms with van der Waals surface area (Å²) in [6.45, 7) is 6.94. The molecule has 2 fully saturated rings. The van der Waals surface area contributed by atoms with E-state index >= 15 is 0 Å². The van der Waals surface area contributed by atoms with Crippen LogP contribution < -0.4 is 5.32 Å². The van der Waals surface area contributed by atoms with Gasteiger partial charge in [-0.25, -0.2) is 0 Å². The molecule has 0 radical (unpaired) electrons. The number of hydrogen-bond donors (Lipinski definition) is 1. The van der Waals surface area contributed by atoms with E-state index < -0.39 is 0 Å². The second-order valence-corrected chi connectivity index (χ2v) is 6.40. The second-order valence-electron chi connectivity index (χ2n) is 6.40. The van der Waals surface area contributed by atoms with Crippen LogP contribution in [0.25, 0.3) is 0 Å². The zero-order chi connectivity index (χ0) is 14.0. The molecule has 1 aromatic carbocycles. The quantitative estimate of drug-likeness (QED) is 0.852. The molecule has 1 saturated carbocycles. The van der Waals surface area contributed by atoms with Gasteiger partial charge < -0.3 is 5.32 Å². The third-order valence-corrected chi connectivity index (χ3v) is 5.30. The lowest BCUT2D eigenvalue weighted by molar-refractivity contribution is 0.122. The summed E-state index contributed by atoms with van der Waals surface area (Å²) in [5.74, 6) is 0. The van der Waals surface area contributed by atoms with Crippen molar-refractivity contribution in [2.45, 2.75) is 63.6 Å². The van der Waals surface area contributed by atoms with Crippen molar-refractivity contribution in [3.8, 4) is 0 Å². The summed E-state index contributed by atoms with van der Waals surface area (Å²) in [6.07, 6.45) is 7.26. The van der Waals surface area contributed by atoms with E-state index in [1.54, 1.807) is 5.56 Å². The maximum absolute atomic E-state index is 3.69. The van der Waals surface area contributed by atoms with Crippen molar-refractivity contribution in [1.82, 2.24) is 10.2 Å². The van der Waals surface area contributed by atoms with Crippen LogP contribution in [0, 0.1) is 0 Å². The average molecular weight is 272 g/mol. The first-order chi connectivity index (χ1) is 9.81. The van der Waals surface area contributed by atoms with Gasteiger partial charge in [-0.3, -0.25) is 4.90 Å². The Bertz CT molecular complexity index is 424. The molecule has 1 aliphatic carbocycles. The lowest BCUT2D eigenvalue weighted by atomic mass is 9.85. The molecule has 2 nitrogen and oxygen atoms in total. The molecule has 1 saturated heterocycles. The second kappa shape index (κ2) is 5.87.